The first-order chi connectivity index (χ1) is 11.9. The molecule has 1 amide bonds. The molecule has 1 saturated heterocycles. The number of carbonyl (C=O) groups excluding carboxylic acids is 2. The molecule has 138 valence electrons. The van der Waals surface area contributed by atoms with Crippen LogP contribution >= 0.6 is 0 Å². The molecule has 0 bridgehead atoms. The number of ether oxygens (including phenoxy) is 2. The zero-order chi connectivity index (χ0) is 18.4. The van der Waals surface area contributed by atoms with Crippen molar-refractivity contribution in [1.29, 1.82) is 0 Å². The zero-order valence-electron chi connectivity index (χ0n) is 15.5. The van der Waals surface area contributed by atoms with E-state index >= 15 is 0 Å². The summed E-state index contributed by atoms with van der Waals surface area (Å²) >= 11 is 0. The molecule has 0 atom stereocenters. The number of nitrogens with zero attached hydrogens (tertiary/aromatic N) is 1. The van der Waals surface area contributed by atoms with Gasteiger partial charge >= 0.3 is 5.97 Å². The molecule has 1 heterocycles. The van der Waals surface area contributed by atoms with Gasteiger partial charge in [0, 0.05) is 24.2 Å². The van der Waals surface area contributed by atoms with Crippen molar-refractivity contribution in [1.82, 2.24) is 10.2 Å². The van der Waals surface area contributed by atoms with Gasteiger partial charge in [-0.1, -0.05) is 18.2 Å². The Morgan fingerprint density at radius 2 is 1.84 bits per heavy atom. The van der Waals surface area contributed by atoms with Crippen LogP contribution in [-0.2, 0) is 19.9 Å². The highest BCUT2D eigenvalue weighted by Gasteiger charge is 2.29. The maximum Gasteiger partial charge on any atom is 0.308 e. The van der Waals surface area contributed by atoms with Crippen molar-refractivity contribution in [2.24, 2.45) is 5.92 Å². The van der Waals surface area contributed by atoms with Gasteiger partial charge in [0.15, 0.2) is 0 Å². The summed E-state index contributed by atoms with van der Waals surface area (Å²) in [6.07, 6.45) is 1.32. The highest BCUT2D eigenvalue weighted by Crippen LogP contribution is 2.29. The van der Waals surface area contributed by atoms with Gasteiger partial charge in [-0.2, -0.15) is 0 Å². The van der Waals surface area contributed by atoms with Crippen LogP contribution < -0.4 is 10.1 Å². The van der Waals surface area contributed by atoms with E-state index in [9.17, 15) is 9.59 Å². The molecule has 1 N–H and O–H groups in total. The molecule has 1 aromatic carbocycles. The van der Waals surface area contributed by atoms with Gasteiger partial charge in [0.05, 0.1) is 26.7 Å². The lowest BCUT2D eigenvalue weighted by Gasteiger charge is -2.33. The molecule has 0 unspecified atom stereocenters. The quantitative estimate of drug-likeness (QED) is 0.796. The van der Waals surface area contributed by atoms with E-state index < -0.39 is 5.54 Å². The second-order valence-corrected chi connectivity index (χ2v) is 6.86. The minimum absolute atomic E-state index is 0.0475. The molecule has 2 rings (SSSR count). The number of nitrogens with one attached hydrogen (secondary N) is 1. The minimum Gasteiger partial charge on any atom is -0.496 e. The highest BCUT2D eigenvalue weighted by atomic mass is 16.5. The van der Waals surface area contributed by atoms with Crippen LogP contribution in [-0.4, -0.2) is 50.6 Å². The predicted octanol–water partition coefficient (Wildman–Crippen LogP) is 1.93. The number of esters is 1. The lowest BCUT2D eigenvalue weighted by Crippen LogP contribution is -2.47. The summed E-state index contributed by atoms with van der Waals surface area (Å²) in [7, 11) is 3.05. The number of amides is 1. The first kappa shape index (κ1) is 19.2. The molecule has 0 spiro atoms. The van der Waals surface area contributed by atoms with Gasteiger partial charge in [-0.3, -0.25) is 14.9 Å². The SMILES string of the molecule is COC(=O)C1CCN(C(=O)CNC(C)(C)c2ccccc2OC)CC1. The molecule has 0 saturated carbocycles. The maximum atomic E-state index is 12.5. The van der Waals surface area contributed by atoms with Crippen LogP contribution in [0.4, 0.5) is 0 Å². The summed E-state index contributed by atoms with van der Waals surface area (Å²) in [6.45, 7) is 5.49. The van der Waals surface area contributed by atoms with Crippen molar-refractivity contribution >= 4 is 11.9 Å². The van der Waals surface area contributed by atoms with Crippen LogP contribution in [0.1, 0.15) is 32.3 Å². The molecular formula is C19H28N2O4. The fourth-order valence-corrected chi connectivity index (χ4v) is 3.20. The van der Waals surface area contributed by atoms with Gasteiger partial charge in [-0.25, -0.2) is 0 Å². The molecule has 0 radical (unpaired) electrons. The van der Waals surface area contributed by atoms with Gasteiger partial charge in [-0.05, 0) is 32.8 Å². The molecule has 1 aromatic rings. The van der Waals surface area contributed by atoms with Crippen molar-refractivity contribution in [3.63, 3.8) is 0 Å². The Morgan fingerprint density at radius 3 is 2.44 bits per heavy atom. The van der Waals surface area contributed by atoms with Crippen LogP contribution in [0.2, 0.25) is 0 Å². The number of rotatable bonds is 6. The molecule has 1 fully saturated rings. The van der Waals surface area contributed by atoms with Crippen molar-refractivity contribution < 1.29 is 19.1 Å². The van der Waals surface area contributed by atoms with E-state index in [1.54, 1.807) is 7.11 Å². The van der Waals surface area contributed by atoms with E-state index in [4.69, 9.17) is 9.47 Å². The van der Waals surface area contributed by atoms with E-state index in [-0.39, 0.29) is 24.3 Å². The van der Waals surface area contributed by atoms with Crippen LogP contribution in [0.15, 0.2) is 24.3 Å². The average molecular weight is 348 g/mol. The highest BCUT2D eigenvalue weighted by molar-refractivity contribution is 5.79. The summed E-state index contributed by atoms with van der Waals surface area (Å²) in [5, 5.41) is 3.33. The Hall–Kier alpha value is -2.08. The van der Waals surface area contributed by atoms with E-state index in [0.717, 1.165) is 11.3 Å². The summed E-state index contributed by atoms with van der Waals surface area (Å²) in [4.78, 5) is 25.9. The van der Waals surface area contributed by atoms with E-state index in [1.165, 1.54) is 7.11 Å². The molecule has 6 nitrogen and oxygen atoms in total. The first-order valence-electron chi connectivity index (χ1n) is 8.63. The number of benzene rings is 1. The fourth-order valence-electron chi connectivity index (χ4n) is 3.20. The number of likely N-dealkylation sites (tertiary alicyclic amines) is 1. The van der Waals surface area contributed by atoms with Gasteiger partial charge in [0.2, 0.25) is 5.91 Å². The first-order valence-corrected chi connectivity index (χ1v) is 8.63. The lowest BCUT2D eigenvalue weighted by molar-refractivity contribution is -0.148. The molecule has 1 aliphatic heterocycles. The van der Waals surface area contributed by atoms with Crippen LogP contribution in [0.25, 0.3) is 0 Å². The Kier molecular flexibility index (Phi) is 6.42. The van der Waals surface area contributed by atoms with Crippen LogP contribution in [0.3, 0.4) is 0 Å². The van der Waals surface area contributed by atoms with Crippen LogP contribution in [0.5, 0.6) is 5.75 Å². The lowest BCUT2D eigenvalue weighted by atomic mass is 9.93. The van der Waals surface area contributed by atoms with Gasteiger partial charge in [-0.15, -0.1) is 0 Å². The maximum absolute atomic E-state index is 12.5. The second-order valence-electron chi connectivity index (χ2n) is 6.86. The molecule has 1 aliphatic rings. The van der Waals surface area contributed by atoms with Gasteiger partial charge in [0.25, 0.3) is 0 Å². The summed E-state index contributed by atoms with van der Waals surface area (Å²) < 4.78 is 10.2. The third-order valence-corrected chi connectivity index (χ3v) is 4.84. The third-order valence-electron chi connectivity index (χ3n) is 4.84. The van der Waals surface area contributed by atoms with Crippen LogP contribution in [0, 0.1) is 5.92 Å². The third kappa shape index (κ3) is 4.72. The number of piperidine rings is 1. The van der Waals surface area contributed by atoms with Crippen molar-refractivity contribution in [2.75, 3.05) is 33.9 Å². The fraction of sp³-hybridized carbons (Fsp3) is 0.579. The van der Waals surface area contributed by atoms with Crippen molar-refractivity contribution in [2.45, 2.75) is 32.2 Å². The Labute approximate surface area is 149 Å². The van der Waals surface area contributed by atoms with Crippen molar-refractivity contribution in [3.8, 4) is 5.75 Å². The van der Waals surface area contributed by atoms with E-state index in [0.29, 0.717) is 25.9 Å². The van der Waals surface area contributed by atoms with E-state index in [1.807, 2.05) is 43.0 Å². The standard InChI is InChI=1S/C19H28N2O4/c1-19(2,15-7-5-6-8-16(15)24-3)20-13-17(22)21-11-9-14(10-12-21)18(23)25-4/h5-8,14,20H,9-13H2,1-4H3. The summed E-state index contributed by atoms with van der Waals surface area (Å²) in [6, 6.07) is 7.80. The molecule has 0 aliphatic carbocycles. The monoisotopic (exact) mass is 348 g/mol. The smallest absolute Gasteiger partial charge is 0.308 e. The topological polar surface area (TPSA) is 67.9 Å². The second kappa shape index (κ2) is 8.34. The Bertz CT molecular complexity index is 607. The summed E-state index contributed by atoms with van der Waals surface area (Å²) in [5.74, 6) is 0.576. The van der Waals surface area contributed by atoms with Gasteiger partial charge in [0.1, 0.15) is 5.75 Å². The summed E-state index contributed by atoms with van der Waals surface area (Å²) in [5.41, 5.74) is 0.613. The van der Waals surface area contributed by atoms with Gasteiger partial charge < -0.3 is 14.4 Å². The largest absolute Gasteiger partial charge is 0.496 e. The normalized spacial score (nSPS) is 15.8. The Balaban J connectivity index is 1.90. The average Bonchev–Trinajstić information content (AvgIpc) is 2.65. The number of hydrogen-bond donors (Lipinski definition) is 1. The van der Waals surface area contributed by atoms with E-state index in [2.05, 4.69) is 5.32 Å². The number of methoxy groups -OCH3 is 2. The zero-order valence-corrected chi connectivity index (χ0v) is 15.5. The number of hydrogen-bond acceptors (Lipinski definition) is 5. The number of para-hydroxylation sites is 1. The molecule has 0 aromatic heterocycles. The minimum atomic E-state index is -0.396. The van der Waals surface area contributed by atoms with Crippen molar-refractivity contribution in [3.05, 3.63) is 29.8 Å². The Morgan fingerprint density at radius 1 is 1.20 bits per heavy atom. The molecule has 25 heavy (non-hydrogen) atoms. The molecular weight excluding hydrogens is 320 g/mol. The predicted molar refractivity (Wildman–Crippen MR) is 95.3 cm³/mol. The molecule has 6 heteroatoms. The number of carbonyl (C=O) groups is 2.